The van der Waals surface area contributed by atoms with Gasteiger partial charge in [0.25, 0.3) is 0 Å². The molecule has 0 radical (unpaired) electrons. The van der Waals surface area contributed by atoms with Gasteiger partial charge in [-0.15, -0.1) is 0 Å². The van der Waals surface area contributed by atoms with Gasteiger partial charge in [-0.2, -0.15) is 0 Å². The molecule has 1 atom stereocenters. The molecule has 0 aromatic rings. The Morgan fingerprint density at radius 3 is 2.16 bits per heavy atom. The van der Waals surface area contributed by atoms with Crippen LogP contribution in [0.5, 0.6) is 0 Å². The van der Waals surface area contributed by atoms with Crippen molar-refractivity contribution in [2.75, 3.05) is 6.54 Å². The molecule has 0 fully saturated rings. The van der Waals surface area contributed by atoms with E-state index < -0.39 is 12.0 Å². The number of amides is 2. The minimum Gasteiger partial charge on any atom is -0.480 e. The van der Waals surface area contributed by atoms with E-state index in [0.29, 0.717) is 19.4 Å². The molecule has 0 heterocycles. The Balaban J connectivity index is 4.00. The molecular formula is C13H24N2O4. The van der Waals surface area contributed by atoms with Gasteiger partial charge in [0.05, 0.1) is 0 Å². The first-order valence-corrected chi connectivity index (χ1v) is 6.65. The van der Waals surface area contributed by atoms with Gasteiger partial charge in [0.15, 0.2) is 0 Å². The molecule has 0 aromatic heterocycles. The van der Waals surface area contributed by atoms with E-state index in [0.717, 1.165) is 0 Å². The van der Waals surface area contributed by atoms with Crippen LogP contribution in [0.25, 0.3) is 0 Å². The summed E-state index contributed by atoms with van der Waals surface area (Å²) in [7, 11) is 0. The topological polar surface area (TPSA) is 95.5 Å². The Hall–Kier alpha value is -1.59. The highest BCUT2D eigenvalue weighted by molar-refractivity contribution is 5.84. The second-order valence-electron chi connectivity index (χ2n) is 4.89. The highest BCUT2D eigenvalue weighted by Crippen LogP contribution is 2.06. The Morgan fingerprint density at radius 1 is 1.11 bits per heavy atom. The molecule has 0 aromatic carbocycles. The molecule has 3 N–H and O–H groups in total. The van der Waals surface area contributed by atoms with E-state index in [4.69, 9.17) is 5.11 Å². The molecule has 0 saturated heterocycles. The zero-order chi connectivity index (χ0) is 14.8. The van der Waals surface area contributed by atoms with E-state index in [1.54, 1.807) is 0 Å². The van der Waals surface area contributed by atoms with Crippen molar-refractivity contribution < 1.29 is 19.5 Å². The normalized spacial score (nSPS) is 12.0. The summed E-state index contributed by atoms with van der Waals surface area (Å²) >= 11 is 0. The van der Waals surface area contributed by atoms with Gasteiger partial charge < -0.3 is 15.7 Å². The van der Waals surface area contributed by atoms with Crippen molar-refractivity contribution in [3.05, 3.63) is 0 Å². The fourth-order valence-corrected chi connectivity index (χ4v) is 1.65. The molecule has 0 unspecified atom stereocenters. The largest absolute Gasteiger partial charge is 0.480 e. The zero-order valence-corrected chi connectivity index (χ0v) is 11.9. The van der Waals surface area contributed by atoms with Crippen LogP contribution in [-0.4, -0.2) is 35.5 Å². The van der Waals surface area contributed by atoms with Gasteiger partial charge in [-0.25, -0.2) is 4.79 Å². The van der Waals surface area contributed by atoms with Crippen LogP contribution in [0.15, 0.2) is 0 Å². The minimum atomic E-state index is -1.02. The standard InChI is InChI=1S/C13H24N2O4/c1-4-14-11(16)6-5-7-12(17)15-10(13(18)19)8-9(2)3/h9-10H,4-8H2,1-3H3,(H,14,16)(H,15,17)(H,18,19)/t10-/m0/s1. The van der Waals surface area contributed by atoms with Crippen LogP contribution in [0.2, 0.25) is 0 Å². The first-order chi connectivity index (χ1) is 8.86. The van der Waals surface area contributed by atoms with Crippen LogP contribution in [-0.2, 0) is 14.4 Å². The summed E-state index contributed by atoms with van der Waals surface area (Å²) in [5.41, 5.74) is 0. The summed E-state index contributed by atoms with van der Waals surface area (Å²) in [4.78, 5) is 33.7. The van der Waals surface area contributed by atoms with Gasteiger partial charge in [-0.1, -0.05) is 13.8 Å². The Labute approximate surface area is 113 Å². The maximum Gasteiger partial charge on any atom is 0.326 e. The first kappa shape index (κ1) is 17.4. The van der Waals surface area contributed by atoms with Gasteiger partial charge in [-0.3, -0.25) is 9.59 Å². The highest BCUT2D eigenvalue weighted by Gasteiger charge is 2.20. The summed E-state index contributed by atoms with van der Waals surface area (Å²) in [6, 6.07) is -0.850. The number of carboxylic acid groups (broad SMARTS) is 1. The summed E-state index contributed by atoms with van der Waals surface area (Å²) in [6.07, 6.45) is 1.27. The Kier molecular flexibility index (Phi) is 8.57. The van der Waals surface area contributed by atoms with Gasteiger partial charge in [0.1, 0.15) is 6.04 Å². The predicted octanol–water partition coefficient (Wildman–Crippen LogP) is 0.908. The lowest BCUT2D eigenvalue weighted by Crippen LogP contribution is -2.41. The maximum atomic E-state index is 11.6. The van der Waals surface area contributed by atoms with E-state index in [9.17, 15) is 14.4 Å². The average molecular weight is 272 g/mol. The second-order valence-corrected chi connectivity index (χ2v) is 4.89. The smallest absolute Gasteiger partial charge is 0.326 e. The molecule has 0 bridgehead atoms. The number of rotatable bonds is 9. The fraction of sp³-hybridized carbons (Fsp3) is 0.769. The van der Waals surface area contributed by atoms with Crippen molar-refractivity contribution in [1.82, 2.24) is 10.6 Å². The molecule has 0 aliphatic rings. The molecule has 0 spiro atoms. The Bertz CT molecular complexity index is 316. The highest BCUT2D eigenvalue weighted by atomic mass is 16.4. The van der Waals surface area contributed by atoms with Crippen LogP contribution in [0.4, 0.5) is 0 Å². The molecule has 0 saturated carbocycles. The number of aliphatic carboxylic acids is 1. The van der Waals surface area contributed by atoms with E-state index >= 15 is 0 Å². The summed E-state index contributed by atoms with van der Waals surface area (Å²) < 4.78 is 0. The van der Waals surface area contributed by atoms with Crippen LogP contribution in [0, 0.1) is 5.92 Å². The van der Waals surface area contributed by atoms with Crippen LogP contribution < -0.4 is 10.6 Å². The molecule has 2 amide bonds. The van der Waals surface area contributed by atoms with Gasteiger partial charge in [0, 0.05) is 19.4 Å². The van der Waals surface area contributed by atoms with Crippen molar-refractivity contribution >= 4 is 17.8 Å². The predicted molar refractivity (Wildman–Crippen MR) is 71.6 cm³/mol. The molecule has 19 heavy (non-hydrogen) atoms. The van der Waals surface area contributed by atoms with Crippen LogP contribution >= 0.6 is 0 Å². The van der Waals surface area contributed by atoms with Gasteiger partial charge in [-0.05, 0) is 25.7 Å². The van der Waals surface area contributed by atoms with E-state index in [1.807, 2.05) is 20.8 Å². The van der Waals surface area contributed by atoms with Crippen molar-refractivity contribution in [3.8, 4) is 0 Å². The molecule has 6 heteroatoms. The SMILES string of the molecule is CCNC(=O)CCCC(=O)N[C@@H](CC(C)C)C(=O)O. The maximum absolute atomic E-state index is 11.6. The fourth-order valence-electron chi connectivity index (χ4n) is 1.65. The lowest BCUT2D eigenvalue weighted by molar-refractivity contribution is -0.142. The third kappa shape index (κ3) is 9.04. The van der Waals surface area contributed by atoms with Crippen LogP contribution in [0.3, 0.4) is 0 Å². The number of hydrogen-bond acceptors (Lipinski definition) is 3. The number of nitrogens with one attached hydrogen (secondary N) is 2. The summed E-state index contributed by atoms with van der Waals surface area (Å²) in [5, 5.41) is 14.1. The number of carbonyl (C=O) groups is 3. The van der Waals surface area contributed by atoms with Crippen molar-refractivity contribution in [2.45, 2.75) is 52.5 Å². The molecule has 0 aliphatic carbocycles. The molecule has 6 nitrogen and oxygen atoms in total. The molecule has 110 valence electrons. The lowest BCUT2D eigenvalue weighted by Gasteiger charge is -2.16. The molecule has 0 aliphatic heterocycles. The van der Waals surface area contributed by atoms with Crippen molar-refractivity contribution in [2.24, 2.45) is 5.92 Å². The third-order valence-electron chi connectivity index (χ3n) is 2.52. The number of hydrogen-bond donors (Lipinski definition) is 3. The van der Waals surface area contributed by atoms with E-state index in [2.05, 4.69) is 10.6 Å². The first-order valence-electron chi connectivity index (χ1n) is 6.65. The van der Waals surface area contributed by atoms with Gasteiger partial charge in [0.2, 0.25) is 11.8 Å². The third-order valence-corrected chi connectivity index (χ3v) is 2.52. The molecule has 0 rings (SSSR count). The quantitative estimate of drug-likeness (QED) is 0.581. The number of carboxylic acids is 1. The van der Waals surface area contributed by atoms with E-state index in [-0.39, 0.29) is 30.6 Å². The zero-order valence-electron chi connectivity index (χ0n) is 11.9. The van der Waals surface area contributed by atoms with Crippen molar-refractivity contribution in [3.63, 3.8) is 0 Å². The lowest BCUT2D eigenvalue weighted by atomic mass is 10.0. The Morgan fingerprint density at radius 2 is 1.68 bits per heavy atom. The second kappa shape index (κ2) is 9.35. The minimum absolute atomic E-state index is 0.0905. The van der Waals surface area contributed by atoms with Gasteiger partial charge >= 0.3 is 5.97 Å². The average Bonchev–Trinajstić information content (AvgIpc) is 2.27. The monoisotopic (exact) mass is 272 g/mol. The van der Waals surface area contributed by atoms with E-state index in [1.165, 1.54) is 0 Å². The number of carbonyl (C=O) groups excluding carboxylic acids is 2. The van der Waals surface area contributed by atoms with Crippen molar-refractivity contribution in [1.29, 1.82) is 0 Å². The molecular weight excluding hydrogens is 248 g/mol. The summed E-state index contributed by atoms with van der Waals surface area (Å²) in [5.74, 6) is -1.24. The summed E-state index contributed by atoms with van der Waals surface area (Å²) in [6.45, 7) is 6.20. The van der Waals surface area contributed by atoms with Crippen LogP contribution in [0.1, 0.15) is 46.5 Å².